The second-order valence-corrected chi connectivity index (χ2v) is 6.19. The Kier molecular flexibility index (Phi) is 3.98. The molecule has 0 atom stereocenters. The predicted octanol–water partition coefficient (Wildman–Crippen LogP) is 4.07. The van der Waals surface area contributed by atoms with Crippen LogP contribution in [0.25, 0.3) is 11.3 Å². The van der Waals surface area contributed by atoms with E-state index in [2.05, 4.69) is 34.3 Å². The lowest BCUT2D eigenvalue weighted by atomic mass is 10.1. The van der Waals surface area contributed by atoms with Crippen LogP contribution < -0.4 is 5.32 Å². The molecule has 22 heavy (non-hydrogen) atoms. The van der Waals surface area contributed by atoms with Gasteiger partial charge in [0.15, 0.2) is 5.13 Å². The minimum absolute atomic E-state index is 0.197. The van der Waals surface area contributed by atoms with Gasteiger partial charge in [-0.05, 0) is 26.0 Å². The Morgan fingerprint density at radius 1 is 1.14 bits per heavy atom. The summed E-state index contributed by atoms with van der Waals surface area (Å²) < 4.78 is 0. The van der Waals surface area contributed by atoms with E-state index in [1.54, 1.807) is 18.3 Å². The number of thiazole rings is 1. The summed E-state index contributed by atoms with van der Waals surface area (Å²) in [6.07, 6.45) is 3.18. The number of aromatic nitrogens is 2. The highest BCUT2D eigenvalue weighted by Crippen LogP contribution is 2.30. The first-order valence-corrected chi connectivity index (χ1v) is 7.71. The zero-order valence-electron chi connectivity index (χ0n) is 12.3. The summed E-state index contributed by atoms with van der Waals surface area (Å²) in [5, 5.41) is 3.43. The smallest absolute Gasteiger partial charge is 0.259 e. The molecular weight excluding hydrogens is 294 g/mol. The van der Waals surface area contributed by atoms with E-state index in [4.69, 9.17) is 0 Å². The fourth-order valence-electron chi connectivity index (χ4n) is 2.10. The van der Waals surface area contributed by atoms with Gasteiger partial charge in [0.05, 0.1) is 11.3 Å². The van der Waals surface area contributed by atoms with Crippen molar-refractivity contribution in [1.82, 2.24) is 9.97 Å². The standard InChI is InChI=1S/C17H15N3OS/c1-11-5-7-13(8-6-11)15-12(2)22-17(19-15)20-16(21)14-4-3-9-18-10-14/h3-10H,1-2H3,(H,19,20,21). The molecule has 0 bridgehead atoms. The fraction of sp³-hybridized carbons (Fsp3) is 0.118. The second kappa shape index (κ2) is 6.07. The second-order valence-electron chi connectivity index (χ2n) is 4.99. The molecule has 0 radical (unpaired) electrons. The van der Waals surface area contributed by atoms with Crippen molar-refractivity contribution in [2.75, 3.05) is 5.32 Å². The van der Waals surface area contributed by atoms with E-state index in [1.165, 1.54) is 23.1 Å². The van der Waals surface area contributed by atoms with Crippen molar-refractivity contribution in [3.8, 4) is 11.3 Å². The Bertz CT molecular complexity index is 795. The number of anilines is 1. The van der Waals surface area contributed by atoms with Gasteiger partial charge in [0.1, 0.15) is 0 Å². The highest BCUT2D eigenvalue weighted by molar-refractivity contribution is 7.16. The molecule has 3 aromatic rings. The SMILES string of the molecule is Cc1ccc(-c2nc(NC(=O)c3cccnc3)sc2C)cc1. The molecule has 0 aliphatic carbocycles. The molecule has 0 saturated heterocycles. The van der Waals surface area contributed by atoms with Crippen LogP contribution in [0, 0.1) is 13.8 Å². The number of hydrogen-bond acceptors (Lipinski definition) is 4. The number of rotatable bonds is 3. The molecule has 110 valence electrons. The third-order valence-electron chi connectivity index (χ3n) is 3.27. The van der Waals surface area contributed by atoms with Gasteiger partial charge < -0.3 is 0 Å². The number of benzene rings is 1. The van der Waals surface area contributed by atoms with E-state index in [9.17, 15) is 4.79 Å². The summed E-state index contributed by atoms with van der Waals surface area (Å²) in [7, 11) is 0. The Labute approximate surface area is 132 Å². The average Bonchev–Trinajstić information content (AvgIpc) is 2.89. The summed E-state index contributed by atoms with van der Waals surface area (Å²) in [5.41, 5.74) is 3.70. The zero-order valence-corrected chi connectivity index (χ0v) is 13.1. The lowest BCUT2D eigenvalue weighted by Crippen LogP contribution is -2.11. The van der Waals surface area contributed by atoms with Crippen LogP contribution in [-0.2, 0) is 0 Å². The van der Waals surface area contributed by atoms with Gasteiger partial charge in [-0.25, -0.2) is 4.98 Å². The van der Waals surface area contributed by atoms with Crippen LogP contribution in [0.15, 0.2) is 48.8 Å². The summed E-state index contributed by atoms with van der Waals surface area (Å²) >= 11 is 1.47. The van der Waals surface area contributed by atoms with Crippen molar-refractivity contribution in [2.45, 2.75) is 13.8 Å². The number of carbonyl (C=O) groups is 1. The lowest BCUT2D eigenvalue weighted by molar-refractivity contribution is 0.102. The maximum absolute atomic E-state index is 12.1. The highest BCUT2D eigenvalue weighted by Gasteiger charge is 2.13. The molecule has 0 saturated carbocycles. The first kappa shape index (κ1) is 14.4. The van der Waals surface area contributed by atoms with Gasteiger partial charge >= 0.3 is 0 Å². The minimum atomic E-state index is -0.197. The van der Waals surface area contributed by atoms with E-state index in [0.29, 0.717) is 10.7 Å². The summed E-state index contributed by atoms with van der Waals surface area (Å²) in [5.74, 6) is -0.197. The van der Waals surface area contributed by atoms with Crippen molar-refractivity contribution in [2.24, 2.45) is 0 Å². The Hall–Kier alpha value is -2.53. The maximum Gasteiger partial charge on any atom is 0.259 e. The number of nitrogens with one attached hydrogen (secondary N) is 1. The quantitative estimate of drug-likeness (QED) is 0.793. The number of hydrogen-bond donors (Lipinski definition) is 1. The monoisotopic (exact) mass is 309 g/mol. The molecule has 0 aliphatic rings. The van der Waals surface area contributed by atoms with Crippen LogP contribution in [0.4, 0.5) is 5.13 Å². The molecule has 0 spiro atoms. The molecule has 3 rings (SSSR count). The van der Waals surface area contributed by atoms with Gasteiger partial charge in [0.25, 0.3) is 5.91 Å². The van der Waals surface area contributed by atoms with Gasteiger partial charge in [-0.2, -0.15) is 0 Å². The van der Waals surface area contributed by atoms with E-state index in [0.717, 1.165) is 16.1 Å². The van der Waals surface area contributed by atoms with Crippen molar-refractivity contribution < 1.29 is 4.79 Å². The topological polar surface area (TPSA) is 54.9 Å². The summed E-state index contributed by atoms with van der Waals surface area (Å²) in [4.78, 5) is 21.7. The van der Waals surface area contributed by atoms with Crippen LogP contribution >= 0.6 is 11.3 Å². The summed E-state index contributed by atoms with van der Waals surface area (Å²) in [6.45, 7) is 4.06. The van der Waals surface area contributed by atoms with Crippen LogP contribution in [-0.4, -0.2) is 15.9 Å². The van der Waals surface area contributed by atoms with Crippen LogP contribution in [0.5, 0.6) is 0 Å². The van der Waals surface area contributed by atoms with Crippen LogP contribution in [0.3, 0.4) is 0 Å². The Morgan fingerprint density at radius 3 is 2.59 bits per heavy atom. The number of carbonyl (C=O) groups excluding carboxylic acids is 1. The molecule has 0 unspecified atom stereocenters. The van der Waals surface area contributed by atoms with E-state index in [-0.39, 0.29) is 5.91 Å². The van der Waals surface area contributed by atoms with E-state index < -0.39 is 0 Å². The Balaban J connectivity index is 1.83. The number of nitrogens with zero attached hydrogens (tertiary/aromatic N) is 2. The van der Waals surface area contributed by atoms with Gasteiger partial charge in [-0.1, -0.05) is 29.8 Å². The molecule has 1 N–H and O–H groups in total. The summed E-state index contributed by atoms with van der Waals surface area (Å²) in [6, 6.07) is 11.7. The molecule has 0 aliphatic heterocycles. The third-order valence-corrected chi connectivity index (χ3v) is 4.15. The average molecular weight is 309 g/mol. The molecule has 0 fully saturated rings. The molecule has 1 amide bonds. The largest absolute Gasteiger partial charge is 0.298 e. The molecule has 2 heterocycles. The van der Waals surface area contributed by atoms with Gasteiger partial charge in [0, 0.05) is 22.8 Å². The Morgan fingerprint density at radius 2 is 1.91 bits per heavy atom. The number of amides is 1. The van der Waals surface area contributed by atoms with E-state index in [1.807, 2.05) is 19.1 Å². The molecule has 1 aromatic carbocycles. The van der Waals surface area contributed by atoms with Gasteiger partial charge in [-0.15, -0.1) is 11.3 Å². The van der Waals surface area contributed by atoms with Crippen molar-refractivity contribution in [3.63, 3.8) is 0 Å². The molecule has 5 heteroatoms. The molecule has 2 aromatic heterocycles. The van der Waals surface area contributed by atoms with Crippen molar-refractivity contribution in [3.05, 3.63) is 64.8 Å². The van der Waals surface area contributed by atoms with Gasteiger partial charge in [-0.3, -0.25) is 15.1 Å². The van der Waals surface area contributed by atoms with Crippen LogP contribution in [0.1, 0.15) is 20.8 Å². The third kappa shape index (κ3) is 3.04. The van der Waals surface area contributed by atoms with Crippen LogP contribution in [0.2, 0.25) is 0 Å². The highest BCUT2D eigenvalue weighted by atomic mass is 32.1. The first-order valence-electron chi connectivity index (χ1n) is 6.89. The lowest BCUT2D eigenvalue weighted by Gasteiger charge is -2.01. The normalized spacial score (nSPS) is 10.5. The molecular formula is C17H15N3OS. The zero-order chi connectivity index (χ0) is 15.5. The fourth-order valence-corrected chi connectivity index (χ4v) is 2.93. The predicted molar refractivity (Wildman–Crippen MR) is 89.2 cm³/mol. The number of pyridine rings is 1. The van der Waals surface area contributed by atoms with E-state index >= 15 is 0 Å². The number of aryl methyl sites for hydroxylation is 2. The van der Waals surface area contributed by atoms with Gasteiger partial charge in [0.2, 0.25) is 0 Å². The molecule has 4 nitrogen and oxygen atoms in total. The van der Waals surface area contributed by atoms with Crippen molar-refractivity contribution in [1.29, 1.82) is 0 Å². The minimum Gasteiger partial charge on any atom is -0.298 e. The first-order chi connectivity index (χ1) is 10.6. The van der Waals surface area contributed by atoms with Crippen molar-refractivity contribution >= 4 is 22.4 Å². The maximum atomic E-state index is 12.1.